The zero-order valence-electron chi connectivity index (χ0n) is 19.5. The van der Waals surface area contributed by atoms with Gasteiger partial charge in [0, 0.05) is 17.8 Å². The number of rotatable bonds is 8. The number of nitrogens with one attached hydrogen (secondary N) is 1. The summed E-state index contributed by atoms with van der Waals surface area (Å²) >= 11 is 5.65. The number of allylic oxidation sites excluding steroid dienone is 1. The SMILES string of the molecule is C=CCN1C(=S)NC(c2ccc(OC)cc2)C(c2nc(-c3ccc(OC)c(OC)c3)no2)=C1C. The molecule has 4 rings (SSSR count). The maximum atomic E-state index is 5.77. The van der Waals surface area contributed by atoms with Crippen molar-refractivity contribution in [1.29, 1.82) is 0 Å². The fraction of sp³-hybridized carbons (Fsp3) is 0.240. The first kappa shape index (κ1) is 23.3. The van der Waals surface area contributed by atoms with Crippen molar-refractivity contribution < 1.29 is 18.7 Å². The van der Waals surface area contributed by atoms with Gasteiger partial charge in [-0.15, -0.1) is 6.58 Å². The lowest BCUT2D eigenvalue weighted by Gasteiger charge is -2.36. The number of aromatic nitrogens is 2. The van der Waals surface area contributed by atoms with E-state index in [4.69, 9.17) is 35.9 Å². The van der Waals surface area contributed by atoms with Gasteiger partial charge in [0.05, 0.1) is 32.9 Å². The zero-order chi connectivity index (χ0) is 24.2. The Labute approximate surface area is 203 Å². The van der Waals surface area contributed by atoms with Gasteiger partial charge in [-0.1, -0.05) is 23.4 Å². The van der Waals surface area contributed by atoms with Crippen molar-refractivity contribution in [2.24, 2.45) is 0 Å². The number of hydrogen-bond acceptors (Lipinski definition) is 7. The normalized spacial score (nSPS) is 15.7. The summed E-state index contributed by atoms with van der Waals surface area (Å²) in [4.78, 5) is 6.68. The molecule has 0 aliphatic carbocycles. The molecule has 0 saturated heterocycles. The van der Waals surface area contributed by atoms with E-state index in [0.717, 1.165) is 28.1 Å². The largest absolute Gasteiger partial charge is 0.497 e. The molecule has 0 fully saturated rings. The van der Waals surface area contributed by atoms with Crippen molar-refractivity contribution in [2.45, 2.75) is 13.0 Å². The lowest BCUT2D eigenvalue weighted by Crippen LogP contribution is -2.45. The molecule has 34 heavy (non-hydrogen) atoms. The van der Waals surface area contributed by atoms with Crippen molar-refractivity contribution in [2.75, 3.05) is 27.9 Å². The van der Waals surface area contributed by atoms with Crippen LogP contribution in [0.2, 0.25) is 0 Å². The predicted molar refractivity (Wildman–Crippen MR) is 134 cm³/mol. The Bertz CT molecular complexity index is 1240. The number of benzene rings is 2. The van der Waals surface area contributed by atoms with Crippen LogP contribution >= 0.6 is 12.2 Å². The average Bonchev–Trinajstić information content (AvgIpc) is 3.35. The molecule has 1 aromatic heterocycles. The van der Waals surface area contributed by atoms with Crippen molar-refractivity contribution in [1.82, 2.24) is 20.4 Å². The number of methoxy groups -OCH3 is 3. The summed E-state index contributed by atoms with van der Waals surface area (Å²) in [5.74, 6) is 2.81. The fourth-order valence-corrected chi connectivity index (χ4v) is 4.21. The smallest absolute Gasteiger partial charge is 0.258 e. The van der Waals surface area contributed by atoms with Crippen LogP contribution in [0.5, 0.6) is 17.2 Å². The minimum Gasteiger partial charge on any atom is -0.497 e. The molecule has 0 radical (unpaired) electrons. The van der Waals surface area contributed by atoms with Gasteiger partial charge >= 0.3 is 0 Å². The van der Waals surface area contributed by atoms with Gasteiger partial charge in [-0.25, -0.2) is 0 Å². The minimum atomic E-state index is -0.279. The molecule has 8 nitrogen and oxygen atoms in total. The first-order chi connectivity index (χ1) is 16.5. The van der Waals surface area contributed by atoms with Gasteiger partial charge in [-0.2, -0.15) is 4.98 Å². The van der Waals surface area contributed by atoms with Gasteiger partial charge < -0.3 is 29.0 Å². The first-order valence-corrected chi connectivity index (χ1v) is 11.0. The molecule has 176 valence electrons. The van der Waals surface area contributed by atoms with Gasteiger partial charge in [0.1, 0.15) is 5.75 Å². The molecule has 2 aromatic carbocycles. The van der Waals surface area contributed by atoms with Gasteiger partial charge in [-0.3, -0.25) is 0 Å². The second-order valence-electron chi connectivity index (χ2n) is 7.55. The summed E-state index contributed by atoms with van der Waals surface area (Å²) in [5, 5.41) is 8.25. The molecule has 0 bridgehead atoms. The second kappa shape index (κ2) is 9.96. The molecule has 0 spiro atoms. The van der Waals surface area contributed by atoms with Crippen molar-refractivity contribution in [3.63, 3.8) is 0 Å². The molecule has 9 heteroatoms. The lowest BCUT2D eigenvalue weighted by atomic mass is 9.94. The first-order valence-electron chi connectivity index (χ1n) is 10.6. The molecule has 0 amide bonds. The van der Waals surface area contributed by atoms with E-state index >= 15 is 0 Å². The lowest BCUT2D eigenvalue weighted by molar-refractivity contribution is 0.355. The van der Waals surface area contributed by atoms with E-state index in [1.165, 1.54) is 0 Å². The molecule has 0 saturated carbocycles. The number of ether oxygens (including phenoxy) is 3. The third-order valence-corrected chi connectivity index (χ3v) is 5.99. The monoisotopic (exact) mass is 478 g/mol. The van der Waals surface area contributed by atoms with Crippen LogP contribution in [0.1, 0.15) is 24.4 Å². The Morgan fingerprint density at radius 3 is 2.47 bits per heavy atom. The summed E-state index contributed by atoms with van der Waals surface area (Å²) in [7, 11) is 4.81. The van der Waals surface area contributed by atoms with E-state index in [2.05, 4.69) is 17.1 Å². The van der Waals surface area contributed by atoms with Gasteiger partial charge in [0.25, 0.3) is 5.89 Å². The topological polar surface area (TPSA) is 81.9 Å². The summed E-state index contributed by atoms with van der Waals surface area (Å²) in [5.41, 5.74) is 3.47. The summed E-state index contributed by atoms with van der Waals surface area (Å²) in [6, 6.07) is 13.0. The molecular weight excluding hydrogens is 452 g/mol. The van der Waals surface area contributed by atoms with Gasteiger partial charge in [0.15, 0.2) is 16.6 Å². The standard InChI is InChI=1S/C25H26N4O4S/c1-6-13-29-15(2)21(22(26-25(29)34)16-7-10-18(30-3)11-8-16)24-27-23(28-33-24)17-9-12-19(31-4)20(14-17)32-5/h6-12,14,22H,1,13H2,2-5H3,(H,26,34). The molecule has 3 aromatic rings. The van der Waals surface area contributed by atoms with Crippen LogP contribution in [0.15, 0.2) is 65.3 Å². The highest BCUT2D eigenvalue weighted by Gasteiger charge is 2.33. The van der Waals surface area contributed by atoms with Crippen LogP contribution in [0.3, 0.4) is 0 Å². The van der Waals surface area contributed by atoms with E-state index in [1.54, 1.807) is 33.5 Å². The summed E-state index contributed by atoms with van der Waals surface area (Å²) in [6.45, 7) is 6.39. The van der Waals surface area contributed by atoms with Gasteiger partial charge in [-0.05, 0) is 55.0 Å². The molecule has 2 heterocycles. The Balaban J connectivity index is 1.79. The minimum absolute atomic E-state index is 0.279. The maximum absolute atomic E-state index is 5.77. The second-order valence-corrected chi connectivity index (χ2v) is 7.93. The summed E-state index contributed by atoms with van der Waals surface area (Å²) in [6.07, 6.45) is 1.80. The number of hydrogen-bond donors (Lipinski definition) is 1. The van der Waals surface area contributed by atoms with Crippen LogP contribution in [-0.2, 0) is 0 Å². The van der Waals surface area contributed by atoms with E-state index in [-0.39, 0.29) is 6.04 Å². The Kier molecular flexibility index (Phi) is 6.83. The number of nitrogens with zero attached hydrogens (tertiary/aromatic N) is 3. The molecule has 1 aliphatic heterocycles. The van der Waals surface area contributed by atoms with E-state index in [0.29, 0.717) is 34.9 Å². The van der Waals surface area contributed by atoms with Crippen LogP contribution in [-0.4, -0.2) is 48.0 Å². The third kappa shape index (κ3) is 4.34. The van der Waals surface area contributed by atoms with Crippen LogP contribution in [0, 0.1) is 0 Å². The van der Waals surface area contributed by atoms with E-state index < -0.39 is 0 Å². The van der Waals surface area contributed by atoms with Crippen molar-refractivity contribution >= 4 is 22.9 Å². The maximum Gasteiger partial charge on any atom is 0.258 e. The molecule has 1 unspecified atom stereocenters. The quantitative estimate of drug-likeness (QED) is 0.369. The highest BCUT2D eigenvalue weighted by Crippen LogP contribution is 2.38. The van der Waals surface area contributed by atoms with E-state index in [1.807, 2.05) is 48.2 Å². The summed E-state index contributed by atoms with van der Waals surface area (Å²) < 4.78 is 21.8. The molecule has 1 aliphatic rings. The van der Waals surface area contributed by atoms with Crippen LogP contribution in [0.4, 0.5) is 0 Å². The zero-order valence-corrected chi connectivity index (χ0v) is 20.3. The average molecular weight is 479 g/mol. The molecular formula is C25H26N4O4S. The Morgan fingerprint density at radius 2 is 1.82 bits per heavy atom. The molecule has 1 N–H and O–H groups in total. The van der Waals surface area contributed by atoms with Crippen molar-refractivity contribution in [3.8, 4) is 28.6 Å². The van der Waals surface area contributed by atoms with Crippen LogP contribution < -0.4 is 19.5 Å². The Hall–Kier alpha value is -3.85. The highest BCUT2D eigenvalue weighted by molar-refractivity contribution is 7.80. The Morgan fingerprint density at radius 1 is 1.09 bits per heavy atom. The van der Waals surface area contributed by atoms with E-state index in [9.17, 15) is 0 Å². The van der Waals surface area contributed by atoms with Gasteiger partial charge in [0.2, 0.25) is 5.82 Å². The van der Waals surface area contributed by atoms with Crippen molar-refractivity contribution in [3.05, 3.63) is 72.3 Å². The highest BCUT2D eigenvalue weighted by atomic mass is 32.1. The number of thiocarbonyl (C=S) groups is 1. The molecule has 1 atom stereocenters. The predicted octanol–water partition coefficient (Wildman–Crippen LogP) is 4.61. The van der Waals surface area contributed by atoms with Crippen LogP contribution in [0.25, 0.3) is 17.0 Å². The fourth-order valence-electron chi connectivity index (χ4n) is 3.88. The third-order valence-electron chi connectivity index (χ3n) is 5.66.